The van der Waals surface area contributed by atoms with E-state index in [1.165, 1.54) is 94.6 Å². The van der Waals surface area contributed by atoms with Gasteiger partial charge in [0, 0.05) is 22.4 Å². The third-order valence-electron chi connectivity index (χ3n) is 14.5. The van der Waals surface area contributed by atoms with Crippen LogP contribution in [0.25, 0.3) is 55.6 Å². The van der Waals surface area contributed by atoms with Gasteiger partial charge >= 0.3 is 0 Å². The van der Waals surface area contributed by atoms with Crippen LogP contribution in [0.4, 0.5) is 17.1 Å². The maximum absolute atomic E-state index is 2.53. The monoisotopic (exact) mass is 807 g/mol. The molecule has 12 rings (SSSR count). The van der Waals surface area contributed by atoms with Crippen LogP contribution in [0.3, 0.4) is 0 Å². The molecule has 0 fully saturated rings. The molecule has 0 radical (unpaired) electrons. The molecule has 0 aliphatic heterocycles. The number of hydrogen-bond donors (Lipinski definition) is 0. The molecule has 302 valence electrons. The van der Waals surface area contributed by atoms with Gasteiger partial charge in [0.25, 0.3) is 0 Å². The Labute approximate surface area is 372 Å². The first kappa shape index (κ1) is 37.5. The average Bonchev–Trinajstić information content (AvgIpc) is 3.87. The molecule has 1 atom stereocenters. The number of anilines is 3. The van der Waals surface area contributed by atoms with Gasteiger partial charge in [0.15, 0.2) is 0 Å². The number of fused-ring (bicyclic) bond motifs is 13. The second-order valence-electron chi connectivity index (χ2n) is 19.3. The number of para-hydroxylation sites is 1. The topological polar surface area (TPSA) is 3.24 Å². The molecule has 0 saturated heterocycles. The average molecular weight is 808 g/mol. The van der Waals surface area contributed by atoms with Crippen LogP contribution in [0.2, 0.25) is 0 Å². The Hall–Kier alpha value is -7.22. The number of hydrogen-bond acceptors (Lipinski definition) is 1. The summed E-state index contributed by atoms with van der Waals surface area (Å²) in [6, 6.07) is 77.9. The maximum atomic E-state index is 2.53. The van der Waals surface area contributed by atoms with Crippen LogP contribution in [0.1, 0.15) is 73.6 Å². The summed E-state index contributed by atoms with van der Waals surface area (Å²) in [5.41, 5.74) is 25.0. The summed E-state index contributed by atoms with van der Waals surface area (Å²) < 4.78 is 0. The van der Waals surface area contributed by atoms with Crippen molar-refractivity contribution in [2.45, 2.75) is 50.9 Å². The molecule has 1 unspecified atom stereocenters. The fourth-order valence-electron chi connectivity index (χ4n) is 11.4. The highest BCUT2D eigenvalue weighted by Gasteiger charge is 2.52. The van der Waals surface area contributed by atoms with Crippen molar-refractivity contribution in [2.75, 3.05) is 4.90 Å². The number of benzene rings is 9. The molecule has 0 saturated carbocycles. The minimum atomic E-state index is -0.512. The van der Waals surface area contributed by atoms with Crippen LogP contribution >= 0.6 is 0 Å². The first-order valence-corrected chi connectivity index (χ1v) is 22.4. The highest BCUT2D eigenvalue weighted by atomic mass is 15.1. The summed E-state index contributed by atoms with van der Waals surface area (Å²) in [5.74, 6) is 0. The van der Waals surface area contributed by atoms with Crippen LogP contribution in [0.5, 0.6) is 0 Å². The Bertz CT molecular complexity index is 3280. The Balaban J connectivity index is 1.11. The van der Waals surface area contributed by atoms with Crippen molar-refractivity contribution in [2.24, 2.45) is 0 Å². The fourth-order valence-corrected chi connectivity index (χ4v) is 11.4. The molecule has 9 aromatic rings. The Kier molecular flexibility index (Phi) is 8.13. The summed E-state index contributed by atoms with van der Waals surface area (Å²) in [4.78, 5) is 2.52. The maximum Gasteiger partial charge on any atom is 0.0726 e. The van der Waals surface area contributed by atoms with Crippen LogP contribution in [-0.4, -0.2) is 0 Å². The normalized spacial score (nSPS) is 15.9. The third-order valence-corrected chi connectivity index (χ3v) is 14.5. The van der Waals surface area contributed by atoms with Crippen molar-refractivity contribution in [3.05, 3.63) is 245 Å². The quantitative estimate of drug-likeness (QED) is 0.167. The lowest BCUT2D eigenvalue weighted by atomic mass is 9.70. The van der Waals surface area contributed by atoms with E-state index in [1.807, 2.05) is 0 Å². The fraction of sp³-hybridized carbons (Fsp3) is 0.129. The van der Waals surface area contributed by atoms with Gasteiger partial charge in [0.1, 0.15) is 0 Å². The highest BCUT2D eigenvalue weighted by molar-refractivity contribution is 5.98. The molecular formula is C62H49N. The largest absolute Gasteiger partial charge is 0.310 e. The first-order valence-electron chi connectivity index (χ1n) is 22.4. The summed E-state index contributed by atoms with van der Waals surface area (Å²) in [7, 11) is 0. The van der Waals surface area contributed by atoms with Crippen molar-refractivity contribution in [1.29, 1.82) is 0 Å². The third kappa shape index (κ3) is 5.42. The molecular weight excluding hydrogens is 759 g/mol. The molecule has 0 bridgehead atoms. The van der Waals surface area contributed by atoms with Crippen molar-refractivity contribution in [3.63, 3.8) is 0 Å². The second kappa shape index (κ2) is 13.6. The van der Waals surface area contributed by atoms with E-state index in [9.17, 15) is 0 Å². The lowest BCUT2D eigenvalue weighted by Crippen LogP contribution is -2.26. The van der Waals surface area contributed by atoms with Gasteiger partial charge in [-0.3, -0.25) is 0 Å². The number of nitrogens with zero attached hydrogens (tertiary/aromatic N) is 1. The summed E-state index contributed by atoms with van der Waals surface area (Å²) in [6.45, 7) is 11.6. The Morgan fingerprint density at radius 1 is 0.333 bits per heavy atom. The van der Waals surface area contributed by atoms with Crippen molar-refractivity contribution >= 4 is 17.1 Å². The van der Waals surface area contributed by atoms with Gasteiger partial charge in [-0.25, -0.2) is 0 Å². The highest BCUT2D eigenvalue weighted by Crippen LogP contribution is 2.64. The van der Waals surface area contributed by atoms with E-state index >= 15 is 0 Å². The SMILES string of the molecule is CC(C)(C)c1ccc(-c2ccc3c(c2)C2(c4ccccc4-3)c3ccccc3-c3ccc(N(c4ccc5c(c4)C(C)(C)c4ccccc4-5)c4ccccc4-c4ccccc4)cc32)cc1. The minimum absolute atomic E-state index is 0.0909. The van der Waals surface area contributed by atoms with Gasteiger partial charge in [-0.05, 0) is 131 Å². The van der Waals surface area contributed by atoms with Gasteiger partial charge in [-0.1, -0.05) is 204 Å². The smallest absolute Gasteiger partial charge is 0.0726 e. The van der Waals surface area contributed by atoms with E-state index in [0.717, 1.165) is 17.1 Å². The van der Waals surface area contributed by atoms with Crippen molar-refractivity contribution in [3.8, 4) is 55.6 Å². The van der Waals surface area contributed by atoms with Crippen LogP contribution in [0.15, 0.2) is 206 Å². The van der Waals surface area contributed by atoms with Crippen LogP contribution in [-0.2, 0) is 16.2 Å². The molecule has 1 spiro atoms. The van der Waals surface area contributed by atoms with Crippen LogP contribution in [0, 0.1) is 0 Å². The van der Waals surface area contributed by atoms with Gasteiger partial charge < -0.3 is 4.90 Å². The van der Waals surface area contributed by atoms with Gasteiger partial charge in [-0.2, -0.15) is 0 Å². The molecule has 63 heavy (non-hydrogen) atoms. The standard InChI is InChI=1S/C62H49N/c1-60(2,3)43-30-27-40(28-31-43)42-29-34-51-48-21-10-14-24-54(48)62(57(51)37-42)55-25-15-11-22-49(55)52-36-33-45(39-58(52)62)63(59-26-16-12-19-46(59)41-17-7-6-8-18-41)44-32-35-50-47-20-9-13-23-53(47)61(4,5)56(50)38-44/h6-39H,1-5H3. The van der Waals surface area contributed by atoms with Crippen molar-refractivity contribution < 1.29 is 0 Å². The van der Waals surface area contributed by atoms with Crippen LogP contribution < -0.4 is 4.90 Å². The van der Waals surface area contributed by atoms with Gasteiger partial charge in [0.2, 0.25) is 0 Å². The zero-order valence-electron chi connectivity index (χ0n) is 36.6. The van der Waals surface area contributed by atoms with E-state index in [1.54, 1.807) is 0 Å². The molecule has 1 heteroatoms. The molecule has 0 amide bonds. The molecule has 3 aliphatic carbocycles. The zero-order chi connectivity index (χ0) is 42.7. The molecule has 0 heterocycles. The Morgan fingerprint density at radius 2 is 0.778 bits per heavy atom. The van der Waals surface area contributed by atoms with Gasteiger partial charge in [0.05, 0.1) is 11.1 Å². The molecule has 1 nitrogen and oxygen atoms in total. The minimum Gasteiger partial charge on any atom is -0.310 e. The Morgan fingerprint density at radius 3 is 1.40 bits per heavy atom. The lowest BCUT2D eigenvalue weighted by Gasteiger charge is -2.33. The summed E-state index contributed by atoms with van der Waals surface area (Å²) >= 11 is 0. The first-order chi connectivity index (χ1) is 30.6. The summed E-state index contributed by atoms with van der Waals surface area (Å²) in [5, 5.41) is 0. The molecule has 0 aromatic heterocycles. The molecule has 0 N–H and O–H groups in total. The predicted octanol–water partition coefficient (Wildman–Crippen LogP) is 16.4. The molecule has 3 aliphatic rings. The van der Waals surface area contributed by atoms with E-state index in [-0.39, 0.29) is 10.8 Å². The van der Waals surface area contributed by atoms with E-state index in [2.05, 4.69) is 246 Å². The molecule has 9 aromatic carbocycles. The van der Waals surface area contributed by atoms with E-state index in [4.69, 9.17) is 0 Å². The van der Waals surface area contributed by atoms with E-state index in [0.29, 0.717) is 0 Å². The van der Waals surface area contributed by atoms with E-state index < -0.39 is 5.41 Å². The predicted molar refractivity (Wildman–Crippen MR) is 265 cm³/mol. The summed E-state index contributed by atoms with van der Waals surface area (Å²) in [6.07, 6.45) is 0. The lowest BCUT2D eigenvalue weighted by molar-refractivity contribution is 0.590. The van der Waals surface area contributed by atoms with Crippen molar-refractivity contribution in [1.82, 2.24) is 0 Å². The van der Waals surface area contributed by atoms with Gasteiger partial charge in [-0.15, -0.1) is 0 Å². The zero-order valence-corrected chi connectivity index (χ0v) is 36.6. The second-order valence-corrected chi connectivity index (χ2v) is 19.3. The number of rotatable bonds is 5.